The summed E-state index contributed by atoms with van der Waals surface area (Å²) >= 11 is 0. The van der Waals surface area contributed by atoms with Gasteiger partial charge in [0.05, 0.1) is 10.6 Å². The molecule has 7 heteroatoms. The maximum Gasteiger partial charge on any atom is 0.242 e. The molecule has 172 valence electrons. The van der Waals surface area contributed by atoms with Crippen molar-refractivity contribution in [3.8, 4) is 0 Å². The van der Waals surface area contributed by atoms with Crippen LogP contribution >= 0.6 is 0 Å². The first kappa shape index (κ1) is 24.0. The largest absolute Gasteiger partial charge is 0.341 e. The number of fused-ring (bicyclic) bond motifs is 1. The zero-order valence-corrected chi connectivity index (χ0v) is 19.9. The molecular weight excluding hydrogens is 427 g/mol. The van der Waals surface area contributed by atoms with Crippen molar-refractivity contribution >= 4 is 26.6 Å². The van der Waals surface area contributed by atoms with Crippen LogP contribution in [-0.4, -0.2) is 36.9 Å². The zero-order valence-electron chi connectivity index (χ0n) is 19.1. The molecule has 0 unspecified atom stereocenters. The molecule has 5 nitrogen and oxygen atoms in total. The smallest absolute Gasteiger partial charge is 0.242 e. The summed E-state index contributed by atoms with van der Waals surface area (Å²) in [7, 11) is -3.69. The summed E-state index contributed by atoms with van der Waals surface area (Å²) in [5.74, 6) is 0.00274. The molecule has 1 heterocycles. The van der Waals surface area contributed by atoms with Gasteiger partial charge in [-0.2, -0.15) is 0 Å². The van der Waals surface area contributed by atoms with Crippen molar-refractivity contribution in [1.82, 2.24) is 9.47 Å². The van der Waals surface area contributed by atoms with Gasteiger partial charge >= 0.3 is 0 Å². The standard InChI is InChI=1S/C25H31FN2O3S/c1-18(2)13-28(14-19(3)4)25(29)16-27-15-24(22-7-5-6-8-23(22)27)32(30,31)17-20-9-11-21(26)12-10-20/h5-12,15,18-19H,13-14,16-17H2,1-4H3. The van der Waals surface area contributed by atoms with Crippen LogP contribution < -0.4 is 0 Å². The summed E-state index contributed by atoms with van der Waals surface area (Å²) in [6, 6.07) is 12.7. The van der Waals surface area contributed by atoms with E-state index in [0.717, 1.165) is 0 Å². The topological polar surface area (TPSA) is 59.4 Å². The van der Waals surface area contributed by atoms with Gasteiger partial charge in [-0.15, -0.1) is 0 Å². The molecule has 0 aliphatic carbocycles. The molecule has 2 aromatic carbocycles. The fraction of sp³-hybridized carbons (Fsp3) is 0.400. The number of rotatable bonds is 9. The monoisotopic (exact) mass is 458 g/mol. The minimum atomic E-state index is -3.69. The maximum atomic E-state index is 13.2. The van der Waals surface area contributed by atoms with E-state index in [0.29, 0.717) is 41.4 Å². The van der Waals surface area contributed by atoms with E-state index < -0.39 is 15.7 Å². The van der Waals surface area contributed by atoms with Gasteiger partial charge in [-0.05, 0) is 35.6 Å². The SMILES string of the molecule is CC(C)CN(CC(C)C)C(=O)Cn1cc(S(=O)(=O)Cc2ccc(F)cc2)c2ccccc21. The van der Waals surface area contributed by atoms with Crippen LogP contribution in [0.1, 0.15) is 33.3 Å². The van der Waals surface area contributed by atoms with E-state index in [4.69, 9.17) is 0 Å². The summed E-state index contributed by atoms with van der Waals surface area (Å²) in [5, 5.41) is 0.585. The van der Waals surface area contributed by atoms with Crippen LogP contribution in [0.25, 0.3) is 10.9 Å². The summed E-state index contributed by atoms with van der Waals surface area (Å²) in [6.07, 6.45) is 1.56. The third-order valence-electron chi connectivity index (χ3n) is 5.19. The predicted molar refractivity (Wildman–Crippen MR) is 125 cm³/mol. The molecule has 3 aromatic rings. The molecular formula is C25H31FN2O3S. The number of para-hydroxylation sites is 1. The van der Waals surface area contributed by atoms with E-state index in [1.54, 1.807) is 22.9 Å². The van der Waals surface area contributed by atoms with Crippen LogP contribution in [0.3, 0.4) is 0 Å². The molecule has 0 spiro atoms. The first-order valence-electron chi connectivity index (χ1n) is 10.9. The second-order valence-corrected chi connectivity index (χ2v) is 11.1. The number of amides is 1. The highest BCUT2D eigenvalue weighted by Crippen LogP contribution is 2.28. The highest BCUT2D eigenvalue weighted by Gasteiger charge is 2.24. The van der Waals surface area contributed by atoms with Crippen LogP contribution in [0.4, 0.5) is 4.39 Å². The zero-order chi connectivity index (χ0) is 23.5. The summed E-state index contributed by atoms with van der Waals surface area (Å²) in [5.41, 5.74) is 1.21. The van der Waals surface area contributed by atoms with E-state index in [9.17, 15) is 17.6 Å². The summed E-state index contributed by atoms with van der Waals surface area (Å²) in [6.45, 7) is 9.69. The number of carbonyl (C=O) groups is 1. The van der Waals surface area contributed by atoms with Crippen molar-refractivity contribution in [3.05, 3.63) is 66.1 Å². The molecule has 0 saturated carbocycles. The quantitative estimate of drug-likeness (QED) is 0.458. The number of hydrogen-bond acceptors (Lipinski definition) is 3. The number of hydrogen-bond donors (Lipinski definition) is 0. The lowest BCUT2D eigenvalue weighted by Crippen LogP contribution is -2.38. The first-order valence-corrected chi connectivity index (χ1v) is 12.5. The Morgan fingerprint density at radius 3 is 2.16 bits per heavy atom. The first-order chi connectivity index (χ1) is 15.1. The third-order valence-corrected chi connectivity index (χ3v) is 6.90. The van der Waals surface area contributed by atoms with Crippen LogP contribution in [-0.2, 0) is 26.9 Å². The van der Waals surface area contributed by atoms with Crippen LogP contribution in [0.15, 0.2) is 59.6 Å². The Bertz CT molecular complexity index is 1170. The Balaban J connectivity index is 1.94. The van der Waals surface area contributed by atoms with Crippen molar-refractivity contribution in [2.24, 2.45) is 11.8 Å². The number of halogens is 1. The molecule has 0 N–H and O–H groups in total. The van der Waals surface area contributed by atoms with Gasteiger partial charge in [0.1, 0.15) is 12.4 Å². The van der Waals surface area contributed by atoms with Gasteiger partial charge in [0, 0.05) is 30.2 Å². The average Bonchev–Trinajstić information content (AvgIpc) is 3.08. The fourth-order valence-corrected chi connectivity index (χ4v) is 5.46. The number of aromatic nitrogens is 1. The number of sulfone groups is 1. The van der Waals surface area contributed by atoms with E-state index in [2.05, 4.69) is 27.7 Å². The normalized spacial score (nSPS) is 12.1. The Morgan fingerprint density at radius 1 is 0.969 bits per heavy atom. The molecule has 1 aromatic heterocycles. The molecule has 1 amide bonds. The lowest BCUT2D eigenvalue weighted by Gasteiger charge is -2.26. The average molecular weight is 459 g/mol. The highest BCUT2D eigenvalue weighted by molar-refractivity contribution is 7.90. The van der Waals surface area contributed by atoms with Gasteiger partial charge in [-0.3, -0.25) is 4.79 Å². The van der Waals surface area contributed by atoms with E-state index in [1.807, 2.05) is 17.0 Å². The van der Waals surface area contributed by atoms with Gasteiger partial charge in [-0.25, -0.2) is 12.8 Å². The van der Waals surface area contributed by atoms with Crippen molar-refractivity contribution in [2.75, 3.05) is 13.1 Å². The van der Waals surface area contributed by atoms with Crippen molar-refractivity contribution in [3.63, 3.8) is 0 Å². The van der Waals surface area contributed by atoms with Crippen LogP contribution in [0, 0.1) is 17.7 Å². The van der Waals surface area contributed by atoms with Crippen molar-refractivity contribution in [2.45, 2.75) is 44.9 Å². The van der Waals surface area contributed by atoms with Crippen molar-refractivity contribution < 1.29 is 17.6 Å². The fourth-order valence-electron chi connectivity index (χ4n) is 3.87. The minimum Gasteiger partial charge on any atom is -0.341 e. The number of carbonyl (C=O) groups excluding carboxylic acids is 1. The molecule has 0 atom stereocenters. The molecule has 0 aliphatic rings. The molecule has 3 rings (SSSR count). The van der Waals surface area contributed by atoms with Crippen LogP contribution in [0.2, 0.25) is 0 Å². The molecule has 0 saturated heterocycles. The number of benzene rings is 2. The van der Waals surface area contributed by atoms with Gasteiger partial charge in [0.15, 0.2) is 9.84 Å². The lowest BCUT2D eigenvalue weighted by molar-refractivity contribution is -0.132. The lowest BCUT2D eigenvalue weighted by atomic mass is 10.1. The van der Waals surface area contributed by atoms with Gasteiger partial charge < -0.3 is 9.47 Å². The van der Waals surface area contributed by atoms with E-state index >= 15 is 0 Å². The number of nitrogens with zero attached hydrogens (tertiary/aromatic N) is 2. The Kier molecular flexibility index (Phi) is 7.39. The van der Waals surface area contributed by atoms with E-state index in [-0.39, 0.29) is 23.1 Å². The Morgan fingerprint density at radius 2 is 1.56 bits per heavy atom. The second kappa shape index (κ2) is 9.86. The molecule has 0 bridgehead atoms. The minimum absolute atomic E-state index is 0.0318. The van der Waals surface area contributed by atoms with E-state index in [1.165, 1.54) is 24.3 Å². The molecule has 0 fully saturated rings. The molecule has 0 aliphatic heterocycles. The van der Waals surface area contributed by atoms with Gasteiger partial charge in [0.25, 0.3) is 0 Å². The van der Waals surface area contributed by atoms with Gasteiger partial charge in [-0.1, -0.05) is 58.0 Å². The highest BCUT2D eigenvalue weighted by atomic mass is 32.2. The molecule has 0 radical (unpaired) electrons. The predicted octanol–water partition coefficient (Wildman–Crippen LogP) is 4.89. The third kappa shape index (κ3) is 5.76. The Hall–Kier alpha value is -2.67. The second-order valence-electron chi connectivity index (χ2n) is 9.11. The summed E-state index contributed by atoms with van der Waals surface area (Å²) in [4.78, 5) is 15.2. The maximum absolute atomic E-state index is 13.2. The van der Waals surface area contributed by atoms with Crippen LogP contribution in [0.5, 0.6) is 0 Å². The van der Waals surface area contributed by atoms with Gasteiger partial charge in [0.2, 0.25) is 5.91 Å². The van der Waals surface area contributed by atoms with Crippen molar-refractivity contribution in [1.29, 1.82) is 0 Å². The summed E-state index contributed by atoms with van der Waals surface area (Å²) < 4.78 is 41.4. The Labute approximate surface area is 189 Å². The molecule has 32 heavy (non-hydrogen) atoms.